The fourth-order valence-corrected chi connectivity index (χ4v) is 1.79. The maximum atomic E-state index is 12.6. The molecule has 0 aliphatic heterocycles. The molecule has 0 fully saturated rings. The fourth-order valence-electron chi connectivity index (χ4n) is 1.61. The van der Waals surface area contributed by atoms with Crippen LogP contribution >= 0.6 is 11.6 Å². The molecule has 0 aliphatic carbocycles. The second-order valence-corrected chi connectivity index (χ2v) is 4.63. The van der Waals surface area contributed by atoms with E-state index in [0.29, 0.717) is 5.76 Å². The first-order valence-corrected chi connectivity index (χ1v) is 6.02. The summed E-state index contributed by atoms with van der Waals surface area (Å²) in [5.41, 5.74) is 0. The molecule has 0 atom stereocenters. The van der Waals surface area contributed by atoms with Crippen molar-refractivity contribution in [3.05, 3.63) is 40.7 Å². The second-order valence-electron chi connectivity index (χ2n) is 4.24. The molecule has 2 rings (SSSR count). The highest BCUT2D eigenvalue weighted by molar-refractivity contribution is 6.29. The van der Waals surface area contributed by atoms with Crippen molar-refractivity contribution in [2.24, 2.45) is 0 Å². The normalized spacial score (nSPS) is 11.7. The Morgan fingerprint density at radius 1 is 1.30 bits per heavy atom. The number of aryl methyl sites for hydroxylation is 1. The molecular weight excluding hydrogens is 295 g/mol. The minimum atomic E-state index is -4.64. The SMILES string of the molecule is Cc1ccc(CN(C)c2cc(Cl)nc(C(F)(F)F)n2)o1. The van der Waals surface area contributed by atoms with Crippen LogP contribution in [-0.4, -0.2) is 17.0 Å². The van der Waals surface area contributed by atoms with Gasteiger partial charge in [0.25, 0.3) is 0 Å². The number of halogens is 4. The van der Waals surface area contributed by atoms with Crippen LogP contribution in [0, 0.1) is 6.92 Å². The Morgan fingerprint density at radius 2 is 2.00 bits per heavy atom. The topological polar surface area (TPSA) is 42.2 Å². The number of hydrogen-bond acceptors (Lipinski definition) is 4. The zero-order chi connectivity index (χ0) is 14.9. The molecule has 2 aromatic heterocycles. The Bertz CT molecular complexity index is 612. The molecule has 2 heterocycles. The predicted molar refractivity (Wildman–Crippen MR) is 67.6 cm³/mol. The Hall–Kier alpha value is -1.76. The Balaban J connectivity index is 2.25. The standard InChI is InChI=1S/C12H11ClF3N3O/c1-7-3-4-8(20-7)6-19(2)10-5-9(13)17-11(18-10)12(14,15)16/h3-5H,6H2,1-2H3. The van der Waals surface area contributed by atoms with Crippen LogP contribution in [0.25, 0.3) is 0 Å². The van der Waals surface area contributed by atoms with Gasteiger partial charge in [0.05, 0.1) is 6.54 Å². The van der Waals surface area contributed by atoms with Crippen LogP contribution in [0.2, 0.25) is 5.15 Å². The van der Waals surface area contributed by atoms with Gasteiger partial charge in [0.1, 0.15) is 22.5 Å². The lowest BCUT2D eigenvalue weighted by molar-refractivity contribution is -0.144. The number of furan rings is 1. The van der Waals surface area contributed by atoms with E-state index >= 15 is 0 Å². The molecule has 0 saturated heterocycles. The molecule has 0 amide bonds. The van der Waals surface area contributed by atoms with Gasteiger partial charge in [0.15, 0.2) is 0 Å². The summed E-state index contributed by atoms with van der Waals surface area (Å²) in [4.78, 5) is 8.15. The van der Waals surface area contributed by atoms with Gasteiger partial charge >= 0.3 is 6.18 Å². The van der Waals surface area contributed by atoms with Crippen LogP contribution in [-0.2, 0) is 12.7 Å². The van der Waals surface area contributed by atoms with Crippen molar-refractivity contribution < 1.29 is 17.6 Å². The minimum absolute atomic E-state index is 0.0754. The summed E-state index contributed by atoms with van der Waals surface area (Å²) < 4.78 is 43.2. The lowest BCUT2D eigenvalue weighted by Gasteiger charge is -2.18. The third kappa shape index (κ3) is 3.41. The molecule has 0 unspecified atom stereocenters. The Kier molecular flexibility index (Phi) is 3.89. The maximum absolute atomic E-state index is 12.6. The number of hydrogen-bond donors (Lipinski definition) is 0. The number of aromatic nitrogens is 2. The van der Waals surface area contributed by atoms with Gasteiger partial charge in [-0.25, -0.2) is 9.97 Å². The zero-order valence-electron chi connectivity index (χ0n) is 10.7. The van der Waals surface area contributed by atoms with Crippen LogP contribution in [0.5, 0.6) is 0 Å². The third-order valence-corrected chi connectivity index (χ3v) is 2.71. The van der Waals surface area contributed by atoms with Crippen molar-refractivity contribution in [2.45, 2.75) is 19.6 Å². The monoisotopic (exact) mass is 305 g/mol. The first-order chi connectivity index (χ1) is 9.25. The van der Waals surface area contributed by atoms with Gasteiger partial charge in [-0.15, -0.1) is 0 Å². The third-order valence-electron chi connectivity index (χ3n) is 2.52. The number of anilines is 1. The Morgan fingerprint density at radius 3 is 2.55 bits per heavy atom. The van der Waals surface area contributed by atoms with Crippen LogP contribution in [0.4, 0.5) is 19.0 Å². The summed E-state index contributed by atoms with van der Waals surface area (Å²) in [6.07, 6.45) is -4.64. The van der Waals surface area contributed by atoms with E-state index in [4.69, 9.17) is 16.0 Å². The van der Waals surface area contributed by atoms with Crippen molar-refractivity contribution in [1.82, 2.24) is 9.97 Å². The van der Waals surface area contributed by atoms with E-state index in [1.807, 2.05) is 0 Å². The van der Waals surface area contributed by atoms with Crippen LogP contribution < -0.4 is 4.90 Å². The van der Waals surface area contributed by atoms with E-state index in [1.165, 1.54) is 11.0 Å². The molecule has 0 spiro atoms. The minimum Gasteiger partial charge on any atom is -0.464 e. The molecule has 0 radical (unpaired) electrons. The number of rotatable bonds is 3. The molecule has 2 aromatic rings. The second kappa shape index (κ2) is 5.32. The van der Waals surface area contributed by atoms with Crippen LogP contribution in [0.1, 0.15) is 17.3 Å². The summed E-state index contributed by atoms with van der Waals surface area (Å²) >= 11 is 5.61. The lowest BCUT2D eigenvalue weighted by atomic mass is 10.4. The zero-order valence-corrected chi connectivity index (χ0v) is 11.5. The van der Waals surface area contributed by atoms with E-state index in [9.17, 15) is 13.2 Å². The van der Waals surface area contributed by atoms with Gasteiger partial charge in [0.2, 0.25) is 5.82 Å². The summed E-state index contributed by atoms with van der Waals surface area (Å²) in [6, 6.07) is 4.79. The molecule has 0 N–H and O–H groups in total. The van der Waals surface area contributed by atoms with E-state index in [2.05, 4.69) is 9.97 Å². The molecule has 0 aromatic carbocycles. The van der Waals surface area contributed by atoms with Crippen LogP contribution in [0.15, 0.2) is 22.6 Å². The first kappa shape index (κ1) is 14.6. The molecule has 0 bridgehead atoms. The first-order valence-electron chi connectivity index (χ1n) is 5.64. The van der Waals surface area contributed by atoms with E-state index in [-0.39, 0.29) is 17.5 Å². The summed E-state index contributed by atoms with van der Waals surface area (Å²) in [5, 5.41) is -0.259. The van der Waals surface area contributed by atoms with Crippen molar-refractivity contribution in [3.8, 4) is 0 Å². The molecule has 0 aliphatic rings. The maximum Gasteiger partial charge on any atom is 0.451 e. The fraction of sp³-hybridized carbons (Fsp3) is 0.333. The Labute approximate surface area is 118 Å². The van der Waals surface area contributed by atoms with Crippen molar-refractivity contribution in [2.75, 3.05) is 11.9 Å². The smallest absolute Gasteiger partial charge is 0.451 e. The molecule has 108 valence electrons. The molecule has 8 heteroatoms. The average molecular weight is 306 g/mol. The predicted octanol–water partition coefficient (Wildman–Crippen LogP) is 3.69. The highest BCUT2D eigenvalue weighted by Crippen LogP contribution is 2.29. The van der Waals surface area contributed by atoms with E-state index in [0.717, 1.165) is 5.76 Å². The van der Waals surface area contributed by atoms with Gasteiger partial charge in [-0.2, -0.15) is 13.2 Å². The molecular formula is C12H11ClF3N3O. The van der Waals surface area contributed by atoms with Crippen molar-refractivity contribution in [1.29, 1.82) is 0 Å². The molecule has 20 heavy (non-hydrogen) atoms. The van der Waals surface area contributed by atoms with Crippen molar-refractivity contribution >= 4 is 17.4 Å². The summed E-state index contributed by atoms with van der Waals surface area (Å²) in [5.74, 6) is 0.159. The van der Waals surface area contributed by atoms with Gasteiger partial charge in [-0.3, -0.25) is 0 Å². The van der Waals surface area contributed by atoms with Gasteiger partial charge in [-0.05, 0) is 19.1 Å². The van der Waals surface area contributed by atoms with E-state index in [1.54, 1.807) is 26.1 Å². The number of alkyl halides is 3. The largest absolute Gasteiger partial charge is 0.464 e. The van der Waals surface area contributed by atoms with Crippen LogP contribution in [0.3, 0.4) is 0 Å². The highest BCUT2D eigenvalue weighted by atomic mass is 35.5. The molecule has 0 saturated carbocycles. The molecule has 4 nitrogen and oxygen atoms in total. The van der Waals surface area contributed by atoms with Gasteiger partial charge in [-0.1, -0.05) is 11.6 Å². The number of nitrogens with zero attached hydrogens (tertiary/aromatic N) is 3. The summed E-state index contributed by atoms with van der Waals surface area (Å²) in [6.45, 7) is 2.06. The van der Waals surface area contributed by atoms with Gasteiger partial charge < -0.3 is 9.32 Å². The average Bonchev–Trinajstić information content (AvgIpc) is 2.72. The highest BCUT2D eigenvalue weighted by Gasteiger charge is 2.35. The lowest BCUT2D eigenvalue weighted by Crippen LogP contribution is -2.20. The van der Waals surface area contributed by atoms with E-state index < -0.39 is 12.0 Å². The quantitative estimate of drug-likeness (QED) is 0.811. The van der Waals surface area contributed by atoms with Crippen molar-refractivity contribution in [3.63, 3.8) is 0 Å². The van der Waals surface area contributed by atoms with Gasteiger partial charge in [0, 0.05) is 13.1 Å². The summed E-state index contributed by atoms with van der Waals surface area (Å²) in [7, 11) is 1.59.